The van der Waals surface area contributed by atoms with Gasteiger partial charge in [0.2, 0.25) is 11.8 Å². The number of benzene rings is 2. The monoisotopic (exact) mass is 435 g/mol. The van der Waals surface area contributed by atoms with Crippen molar-refractivity contribution in [2.24, 2.45) is 11.8 Å². The minimum absolute atomic E-state index is 0.116. The normalized spacial score (nSPS) is 27.7. The molecule has 4 unspecified atom stereocenters. The highest BCUT2D eigenvalue weighted by Crippen LogP contribution is 2.52. The Labute approximate surface area is 184 Å². The zero-order valence-electron chi connectivity index (χ0n) is 17.0. The lowest BCUT2D eigenvalue weighted by atomic mass is 9.77. The van der Waals surface area contributed by atoms with Gasteiger partial charge in [0.1, 0.15) is 18.0 Å². The molecule has 8 nitrogen and oxygen atoms in total. The quantitative estimate of drug-likeness (QED) is 0.321. The van der Waals surface area contributed by atoms with Crippen LogP contribution in [0, 0.1) is 11.8 Å². The molecule has 3 heterocycles. The summed E-state index contributed by atoms with van der Waals surface area (Å²) >= 11 is 0. The molecule has 0 spiro atoms. The number of carbonyl (C=O) groups excluding carboxylic acids is 3. The van der Waals surface area contributed by atoms with Gasteiger partial charge in [0.15, 0.2) is 0 Å². The van der Waals surface area contributed by atoms with Crippen molar-refractivity contribution < 1.29 is 33.7 Å². The van der Waals surface area contributed by atoms with Gasteiger partial charge in [-0.15, -0.1) is 0 Å². The maximum atomic E-state index is 13.2. The number of amides is 2. The Morgan fingerprint density at radius 1 is 1.03 bits per heavy atom. The first-order chi connectivity index (χ1) is 15.5. The Morgan fingerprint density at radius 2 is 1.78 bits per heavy atom. The van der Waals surface area contributed by atoms with Gasteiger partial charge in [-0.25, -0.2) is 4.79 Å². The Hall–Kier alpha value is -3.49. The number of aliphatic hydroxyl groups excluding tert-OH is 1. The first kappa shape index (κ1) is 20.4. The molecule has 2 amide bonds. The molecule has 0 aromatic heterocycles. The fourth-order valence-electron chi connectivity index (χ4n) is 4.61. The van der Waals surface area contributed by atoms with Gasteiger partial charge in [-0.3, -0.25) is 14.5 Å². The number of likely N-dealkylation sites (tertiary alicyclic amines) is 1. The summed E-state index contributed by atoms with van der Waals surface area (Å²) in [6.45, 7) is -0.164. The van der Waals surface area contributed by atoms with E-state index >= 15 is 0 Å². The summed E-state index contributed by atoms with van der Waals surface area (Å²) in [7, 11) is 0. The lowest BCUT2D eigenvalue weighted by Crippen LogP contribution is -2.44. The van der Waals surface area contributed by atoms with Gasteiger partial charge in [-0.2, -0.15) is 0 Å². The predicted molar refractivity (Wildman–Crippen MR) is 110 cm³/mol. The third-order valence-electron chi connectivity index (χ3n) is 6.15. The van der Waals surface area contributed by atoms with Crippen molar-refractivity contribution in [2.75, 3.05) is 6.61 Å². The number of rotatable bonds is 6. The van der Waals surface area contributed by atoms with Crippen LogP contribution >= 0.6 is 0 Å². The Morgan fingerprint density at radius 3 is 2.50 bits per heavy atom. The summed E-state index contributed by atoms with van der Waals surface area (Å²) in [5.74, 6) is -1.71. The van der Waals surface area contributed by atoms with Crippen LogP contribution in [0.25, 0.3) is 0 Å². The third-order valence-corrected chi connectivity index (χ3v) is 6.15. The summed E-state index contributed by atoms with van der Waals surface area (Å²) in [4.78, 5) is 39.7. The van der Waals surface area contributed by atoms with E-state index in [1.807, 2.05) is 30.3 Å². The number of ether oxygens (including phenoxy) is 3. The first-order valence-corrected chi connectivity index (χ1v) is 10.3. The van der Waals surface area contributed by atoms with Gasteiger partial charge in [0.25, 0.3) is 0 Å². The number of carbonyl (C=O) groups is 3. The van der Waals surface area contributed by atoms with E-state index < -0.39 is 29.7 Å². The number of aliphatic hydroxyl groups is 1. The zero-order chi connectivity index (χ0) is 22.3. The molecule has 2 aromatic carbocycles. The zero-order valence-corrected chi connectivity index (χ0v) is 17.0. The van der Waals surface area contributed by atoms with E-state index in [0.717, 1.165) is 5.56 Å². The average Bonchev–Trinajstić information content (AvgIpc) is 3.46. The molecule has 0 radical (unpaired) electrons. The van der Waals surface area contributed by atoms with Crippen molar-refractivity contribution in [2.45, 2.75) is 24.9 Å². The van der Waals surface area contributed by atoms with Gasteiger partial charge in [-0.1, -0.05) is 48.5 Å². The summed E-state index contributed by atoms with van der Waals surface area (Å²) in [5, 5.41) is 9.08. The highest BCUT2D eigenvalue weighted by Gasteiger charge is 2.68. The van der Waals surface area contributed by atoms with Crippen LogP contribution in [0.15, 0.2) is 66.7 Å². The molecule has 0 aliphatic carbocycles. The maximum absolute atomic E-state index is 13.2. The van der Waals surface area contributed by atoms with Crippen molar-refractivity contribution in [3.63, 3.8) is 0 Å². The first-order valence-electron chi connectivity index (χ1n) is 10.3. The predicted octanol–water partition coefficient (Wildman–Crippen LogP) is 2.20. The van der Waals surface area contributed by atoms with Crippen molar-refractivity contribution in [3.8, 4) is 5.75 Å². The number of hydrogen-bond acceptors (Lipinski definition) is 7. The van der Waals surface area contributed by atoms with Crippen LogP contribution in [0.2, 0.25) is 0 Å². The Kier molecular flexibility index (Phi) is 5.03. The van der Waals surface area contributed by atoms with Crippen LogP contribution in [0.1, 0.15) is 11.1 Å². The van der Waals surface area contributed by atoms with E-state index in [-0.39, 0.29) is 37.3 Å². The summed E-state index contributed by atoms with van der Waals surface area (Å²) in [5.41, 5.74) is 0.353. The fraction of sp³-hybridized carbons (Fsp3) is 0.292. The molecule has 2 aromatic rings. The second-order valence-electron chi connectivity index (χ2n) is 8.09. The van der Waals surface area contributed by atoms with Crippen molar-refractivity contribution in [1.82, 2.24) is 4.90 Å². The molecule has 3 aliphatic rings. The number of fused-ring (bicyclic) bond motifs is 5. The van der Waals surface area contributed by atoms with Crippen LogP contribution in [-0.2, 0) is 32.2 Å². The van der Waals surface area contributed by atoms with Gasteiger partial charge >= 0.3 is 6.16 Å². The van der Waals surface area contributed by atoms with E-state index in [9.17, 15) is 14.4 Å². The van der Waals surface area contributed by atoms with Crippen molar-refractivity contribution >= 4 is 18.0 Å². The molecule has 4 atom stereocenters. The molecule has 5 rings (SSSR count). The van der Waals surface area contributed by atoms with Gasteiger partial charge in [0, 0.05) is 0 Å². The van der Waals surface area contributed by atoms with E-state index in [2.05, 4.69) is 0 Å². The van der Waals surface area contributed by atoms with Crippen molar-refractivity contribution in [3.05, 3.63) is 77.9 Å². The minimum atomic E-state index is -1.19. The molecule has 164 valence electrons. The molecule has 2 fully saturated rings. The molecule has 8 heteroatoms. The molecule has 1 N–H and O–H groups in total. The summed E-state index contributed by atoms with van der Waals surface area (Å²) in [6.07, 6.45) is 1.99. The lowest BCUT2D eigenvalue weighted by molar-refractivity contribution is -0.146. The van der Waals surface area contributed by atoms with Gasteiger partial charge < -0.3 is 19.3 Å². The van der Waals surface area contributed by atoms with E-state index in [4.69, 9.17) is 19.3 Å². The number of nitrogens with zero attached hydrogens (tertiary/aromatic N) is 1. The average molecular weight is 435 g/mol. The smallest absolute Gasteiger partial charge is 0.431 e. The Bertz CT molecular complexity index is 1080. The van der Waals surface area contributed by atoms with Crippen LogP contribution < -0.4 is 4.74 Å². The summed E-state index contributed by atoms with van der Waals surface area (Å²) in [6, 6.07) is 15.6. The molecule has 2 bridgehead atoms. The van der Waals surface area contributed by atoms with Crippen LogP contribution in [0.4, 0.5) is 4.79 Å². The van der Waals surface area contributed by atoms with E-state index in [0.29, 0.717) is 5.56 Å². The van der Waals surface area contributed by atoms with Gasteiger partial charge in [-0.05, 0) is 29.3 Å². The SMILES string of the molecule is O=C(OCC12C=CC(O1)C1C(=O)N(Cc3ccccc3)C(=O)C12)Oc1ccc(CO)cc1. The maximum Gasteiger partial charge on any atom is 0.513 e. The molecular weight excluding hydrogens is 414 g/mol. The molecular formula is C24H21NO7. The topological polar surface area (TPSA) is 102 Å². The second-order valence-corrected chi connectivity index (χ2v) is 8.09. The highest BCUT2D eigenvalue weighted by atomic mass is 16.7. The Balaban J connectivity index is 1.27. The standard InChI is InChI=1S/C24H21NO7/c26-13-16-6-8-17(9-7-16)31-23(29)30-14-24-11-10-18(32-24)19-20(24)22(28)25(21(19)27)12-15-4-2-1-3-5-15/h1-11,18-20,26H,12-14H2. The second kappa shape index (κ2) is 7.89. The van der Waals surface area contributed by atoms with E-state index in [1.165, 1.54) is 4.90 Å². The van der Waals surface area contributed by atoms with Crippen LogP contribution in [0.3, 0.4) is 0 Å². The molecule has 32 heavy (non-hydrogen) atoms. The minimum Gasteiger partial charge on any atom is -0.431 e. The van der Waals surface area contributed by atoms with Gasteiger partial charge in [0.05, 0.1) is 31.1 Å². The van der Waals surface area contributed by atoms with E-state index in [1.54, 1.807) is 36.4 Å². The highest BCUT2D eigenvalue weighted by molar-refractivity contribution is 6.07. The molecule has 2 saturated heterocycles. The number of imide groups is 1. The lowest BCUT2D eigenvalue weighted by Gasteiger charge is -2.28. The van der Waals surface area contributed by atoms with Crippen LogP contribution in [-0.4, -0.2) is 46.3 Å². The summed E-state index contributed by atoms with van der Waals surface area (Å²) < 4.78 is 16.4. The van der Waals surface area contributed by atoms with Crippen LogP contribution in [0.5, 0.6) is 5.75 Å². The third kappa shape index (κ3) is 3.37. The number of hydrogen-bond donors (Lipinski definition) is 1. The molecule has 3 aliphatic heterocycles. The van der Waals surface area contributed by atoms with Crippen molar-refractivity contribution in [1.29, 1.82) is 0 Å². The molecule has 0 saturated carbocycles. The largest absolute Gasteiger partial charge is 0.513 e. The fourth-order valence-corrected chi connectivity index (χ4v) is 4.61.